The van der Waals surface area contributed by atoms with Gasteiger partial charge in [0.2, 0.25) is 14.8 Å². The molecule has 0 aliphatic heterocycles. The molecule has 4 nitrogen and oxygen atoms in total. The first-order valence-electron chi connectivity index (χ1n) is 9.83. The maximum atomic E-state index is 15.4. The molecule has 2 aromatic carbocycles. The van der Waals surface area contributed by atoms with Gasteiger partial charge in [-0.25, -0.2) is 17.2 Å². The van der Waals surface area contributed by atoms with Gasteiger partial charge < -0.3 is 5.32 Å². The number of sulfone groups is 1. The largest absolute Gasteiger partial charge is 0.419 e. The summed E-state index contributed by atoms with van der Waals surface area (Å²) in [5.41, 5.74) is -3.39. The molecule has 0 bridgehead atoms. The highest BCUT2D eigenvalue weighted by molar-refractivity contribution is 7.92. The predicted octanol–water partition coefficient (Wildman–Crippen LogP) is 5.68. The molecular formula is C21H17F8NO3S. The Bertz CT molecular complexity index is 1180. The van der Waals surface area contributed by atoms with Gasteiger partial charge in [0.15, 0.2) is 0 Å². The number of carbonyl (C=O) groups is 1. The van der Waals surface area contributed by atoms with Crippen LogP contribution in [0, 0.1) is 5.82 Å². The fourth-order valence-corrected chi connectivity index (χ4v) is 5.40. The van der Waals surface area contributed by atoms with E-state index in [1.807, 2.05) is 0 Å². The second kappa shape index (κ2) is 8.82. The minimum absolute atomic E-state index is 0.242. The normalized spacial score (nSPS) is 21.8. The smallest absolute Gasteiger partial charge is 0.349 e. The van der Waals surface area contributed by atoms with Gasteiger partial charge in [-0.1, -0.05) is 6.07 Å². The molecule has 1 N–H and O–H groups in total. The van der Waals surface area contributed by atoms with Crippen molar-refractivity contribution in [2.24, 2.45) is 0 Å². The quantitative estimate of drug-likeness (QED) is 0.534. The molecule has 2 aromatic rings. The fourth-order valence-electron chi connectivity index (χ4n) is 3.67. The lowest BCUT2D eigenvalue weighted by Crippen LogP contribution is -2.45. The first-order valence-corrected chi connectivity index (χ1v) is 11.3. The zero-order valence-electron chi connectivity index (χ0n) is 17.1. The molecule has 1 aliphatic rings. The van der Waals surface area contributed by atoms with Crippen molar-refractivity contribution in [2.75, 3.05) is 0 Å². The van der Waals surface area contributed by atoms with E-state index in [0.717, 1.165) is 18.2 Å². The van der Waals surface area contributed by atoms with Crippen LogP contribution in [0.4, 0.5) is 35.1 Å². The Hall–Kier alpha value is -2.70. The van der Waals surface area contributed by atoms with Gasteiger partial charge in [-0.15, -0.1) is 0 Å². The van der Waals surface area contributed by atoms with Crippen LogP contribution in [0.3, 0.4) is 0 Å². The molecule has 13 heteroatoms. The van der Waals surface area contributed by atoms with E-state index in [4.69, 9.17) is 0 Å². The van der Waals surface area contributed by atoms with Gasteiger partial charge in [-0.2, -0.15) is 26.3 Å². The van der Waals surface area contributed by atoms with Gasteiger partial charge in [0, 0.05) is 11.6 Å². The van der Waals surface area contributed by atoms with Crippen molar-refractivity contribution in [2.45, 2.75) is 54.0 Å². The van der Waals surface area contributed by atoms with Crippen molar-refractivity contribution < 1.29 is 48.3 Å². The maximum Gasteiger partial charge on any atom is 0.419 e. The lowest BCUT2D eigenvalue weighted by molar-refractivity contribution is -0.140. The second-order valence-corrected chi connectivity index (χ2v) is 10.1. The summed E-state index contributed by atoms with van der Waals surface area (Å²) in [6, 6.07) is 3.52. The van der Waals surface area contributed by atoms with Crippen LogP contribution in [0.5, 0.6) is 0 Å². The highest BCUT2D eigenvalue weighted by Crippen LogP contribution is 2.41. The molecular weight excluding hydrogens is 498 g/mol. The molecule has 0 atom stereocenters. The van der Waals surface area contributed by atoms with Crippen LogP contribution in [0.2, 0.25) is 0 Å². The molecule has 1 aliphatic carbocycles. The minimum Gasteiger partial charge on any atom is -0.349 e. The minimum atomic E-state index is -5.03. The molecule has 1 fully saturated rings. The topological polar surface area (TPSA) is 63.2 Å². The molecule has 0 aromatic heterocycles. The maximum absolute atomic E-state index is 15.4. The highest BCUT2D eigenvalue weighted by Gasteiger charge is 2.48. The predicted molar refractivity (Wildman–Crippen MR) is 104 cm³/mol. The number of alkyl halides is 7. The van der Waals surface area contributed by atoms with Crippen LogP contribution in [-0.2, 0) is 22.2 Å². The number of rotatable bonds is 4. The third-order valence-corrected chi connectivity index (χ3v) is 7.80. The number of benzene rings is 2. The van der Waals surface area contributed by atoms with Gasteiger partial charge in [0.25, 0.3) is 5.91 Å². The second-order valence-electron chi connectivity index (χ2n) is 7.85. The van der Waals surface area contributed by atoms with Crippen molar-refractivity contribution in [1.82, 2.24) is 5.32 Å². The standard InChI is InChI=1S/C21H17F8NO3S/c22-17-5-4-12(10-16(17)21(27,28)29)18(31)30-14-6-8-19(23,9-7-14)34(32,33)15-3-1-2-13(11-15)20(24,25)26/h1-5,10-11,14H,6-9H2,(H,30,31). The summed E-state index contributed by atoms with van der Waals surface area (Å²) in [5.74, 6) is -2.56. The summed E-state index contributed by atoms with van der Waals surface area (Å²) < 4.78 is 131. The summed E-state index contributed by atoms with van der Waals surface area (Å²) >= 11 is 0. The number of hydrogen-bond donors (Lipinski definition) is 1. The SMILES string of the molecule is O=C(NC1CCC(F)(S(=O)(=O)c2cccc(C(F)(F)F)c2)CC1)c1ccc(F)c(C(F)(F)F)c1. The highest BCUT2D eigenvalue weighted by atomic mass is 32.2. The third-order valence-electron chi connectivity index (χ3n) is 5.55. The average Bonchev–Trinajstić information content (AvgIpc) is 2.74. The molecule has 0 unspecified atom stereocenters. The van der Waals surface area contributed by atoms with Crippen LogP contribution in [-0.4, -0.2) is 25.4 Å². The Balaban J connectivity index is 1.72. The van der Waals surface area contributed by atoms with Gasteiger partial charge in [0.1, 0.15) is 5.82 Å². The van der Waals surface area contributed by atoms with E-state index in [1.165, 1.54) is 0 Å². The fraction of sp³-hybridized carbons (Fsp3) is 0.381. The van der Waals surface area contributed by atoms with E-state index in [0.29, 0.717) is 24.3 Å². The van der Waals surface area contributed by atoms with Crippen molar-refractivity contribution >= 4 is 15.7 Å². The van der Waals surface area contributed by atoms with E-state index in [9.17, 15) is 43.9 Å². The van der Waals surface area contributed by atoms with E-state index in [2.05, 4.69) is 5.32 Å². The van der Waals surface area contributed by atoms with Gasteiger partial charge >= 0.3 is 12.4 Å². The Morgan fingerprint density at radius 2 is 1.56 bits per heavy atom. The van der Waals surface area contributed by atoms with Crippen LogP contribution in [0.25, 0.3) is 0 Å². The summed E-state index contributed by atoms with van der Waals surface area (Å²) in [6.45, 7) is 0. The number of nitrogens with one attached hydrogen (secondary N) is 1. The van der Waals surface area contributed by atoms with Crippen LogP contribution in [0.1, 0.15) is 47.2 Å². The van der Waals surface area contributed by atoms with Crippen molar-refractivity contribution in [3.8, 4) is 0 Å². The Morgan fingerprint density at radius 1 is 0.941 bits per heavy atom. The van der Waals surface area contributed by atoms with E-state index in [1.54, 1.807) is 0 Å². The van der Waals surface area contributed by atoms with Crippen LogP contribution < -0.4 is 5.32 Å². The lowest BCUT2D eigenvalue weighted by atomic mass is 9.93. The summed E-state index contributed by atoms with van der Waals surface area (Å²) in [5, 5.41) is -0.539. The van der Waals surface area contributed by atoms with Crippen LogP contribution in [0.15, 0.2) is 47.4 Å². The number of amides is 1. The molecule has 0 spiro atoms. The average molecular weight is 515 g/mol. The zero-order valence-corrected chi connectivity index (χ0v) is 17.9. The molecule has 1 amide bonds. The molecule has 3 rings (SSSR count). The molecule has 34 heavy (non-hydrogen) atoms. The summed E-state index contributed by atoms with van der Waals surface area (Å²) in [4.78, 5) is 11.5. The number of halogens is 8. The van der Waals surface area contributed by atoms with E-state index < -0.39 is 79.4 Å². The molecule has 186 valence electrons. The Kier molecular flexibility index (Phi) is 6.72. The first-order chi connectivity index (χ1) is 15.5. The van der Waals surface area contributed by atoms with Gasteiger partial charge in [-0.3, -0.25) is 4.79 Å². The summed E-state index contributed by atoms with van der Waals surface area (Å²) in [7, 11) is -4.82. The Labute approximate surface area is 188 Å². The van der Waals surface area contributed by atoms with E-state index in [-0.39, 0.29) is 12.8 Å². The molecule has 0 saturated heterocycles. The molecule has 0 heterocycles. The molecule has 1 saturated carbocycles. The van der Waals surface area contributed by atoms with Crippen molar-refractivity contribution in [3.05, 3.63) is 65.0 Å². The molecule has 0 radical (unpaired) electrons. The van der Waals surface area contributed by atoms with Gasteiger partial charge in [-0.05, 0) is 62.1 Å². The first kappa shape index (κ1) is 25.9. The third kappa shape index (κ3) is 5.18. The monoisotopic (exact) mass is 515 g/mol. The number of hydrogen-bond acceptors (Lipinski definition) is 3. The zero-order chi connectivity index (χ0) is 25.5. The lowest BCUT2D eigenvalue weighted by Gasteiger charge is -2.34. The van der Waals surface area contributed by atoms with E-state index >= 15 is 4.39 Å². The van der Waals surface area contributed by atoms with Crippen molar-refractivity contribution in [1.29, 1.82) is 0 Å². The number of carbonyl (C=O) groups excluding carboxylic acids is 1. The van der Waals surface area contributed by atoms with Gasteiger partial charge in [0.05, 0.1) is 16.0 Å². The Morgan fingerprint density at radius 3 is 2.12 bits per heavy atom. The van der Waals surface area contributed by atoms with Crippen LogP contribution >= 0.6 is 0 Å². The van der Waals surface area contributed by atoms with Crippen molar-refractivity contribution in [3.63, 3.8) is 0 Å². The summed E-state index contributed by atoms with van der Waals surface area (Å²) in [6.07, 6.45) is -11.7.